The Balaban J connectivity index is 2.43. The Labute approximate surface area is 130 Å². The van der Waals surface area contributed by atoms with Crippen molar-refractivity contribution < 1.29 is 30.3 Å². The summed E-state index contributed by atoms with van der Waals surface area (Å²) in [6.45, 7) is 0. The Hall–Kier alpha value is -3.41. The third-order valence-electron chi connectivity index (χ3n) is 3.65. The molecule has 3 rings (SSSR count). The zero-order valence-corrected chi connectivity index (χ0v) is 11.7. The molecule has 0 fully saturated rings. The molecule has 5 N–H and O–H groups in total. The van der Waals surface area contributed by atoms with Crippen molar-refractivity contribution in [2.75, 3.05) is 0 Å². The van der Waals surface area contributed by atoms with Gasteiger partial charge in [-0.05, 0) is 46.8 Å². The summed E-state index contributed by atoms with van der Waals surface area (Å²) >= 11 is 0. The van der Waals surface area contributed by atoms with Gasteiger partial charge in [-0.15, -0.1) is 0 Å². The van der Waals surface area contributed by atoms with Gasteiger partial charge in [-0.2, -0.15) is 0 Å². The van der Waals surface area contributed by atoms with Crippen molar-refractivity contribution in [1.29, 1.82) is 0 Å². The van der Waals surface area contributed by atoms with Crippen molar-refractivity contribution in [3.8, 4) is 39.9 Å². The fourth-order valence-corrected chi connectivity index (χ4v) is 2.47. The number of hydrogen-bond acceptors (Lipinski definition) is 6. The molecule has 3 aromatic carbocycles. The lowest BCUT2D eigenvalue weighted by Crippen LogP contribution is -1.89. The Bertz CT molecular complexity index is 946. The predicted molar refractivity (Wildman–Crippen MR) is 83.1 cm³/mol. The van der Waals surface area contributed by atoms with Crippen molar-refractivity contribution in [3.05, 3.63) is 42.0 Å². The van der Waals surface area contributed by atoms with Crippen LogP contribution in [0.4, 0.5) is 0 Å². The SMILES string of the molecule is O=Cc1cc(-c2ccc(O)c(O)c2)c2cc(O)c(O)cc2c1O. The molecule has 0 heterocycles. The highest BCUT2D eigenvalue weighted by molar-refractivity contribution is 6.06. The van der Waals surface area contributed by atoms with Crippen LogP contribution in [0.1, 0.15) is 10.4 Å². The summed E-state index contributed by atoms with van der Waals surface area (Å²) < 4.78 is 0. The highest BCUT2D eigenvalue weighted by Crippen LogP contribution is 2.42. The molecule has 116 valence electrons. The topological polar surface area (TPSA) is 118 Å². The quantitative estimate of drug-likeness (QED) is 0.367. The minimum absolute atomic E-state index is 0.00912. The van der Waals surface area contributed by atoms with Gasteiger partial charge in [-0.3, -0.25) is 4.79 Å². The molecule has 0 aliphatic rings. The number of phenolic OH excluding ortho intramolecular Hbond substituents is 5. The molecule has 0 saturated heterocycles. The summed E-state index contributed by atoms with van der Waals surface area (Å²) in [6.07, 6.45) is 0.461. The number of aldehydes is 1. The Kier molecular flexibility index (Phi) is 3.22. The van der Waals surface area contributed by atoms with Crippen LogP contribution in [-0.4, -0.2) is 31.8 Å². The first-order valence-electron chi connectivity index (χ1n) is 6.61. The smallest absolute Gasteiger partial charge is 0.158 e. The molecule has 0 spiro atoms. The van der Waals surface area contributed by atoms with Crippen LogP contribution >= 0.6 is 0 Å². The van der Waals surface area contributed by atoms with Gasteiger partial charge in [0, 0.05) is 5.39 Å². The van der Waals surface area contributed by atoms with E-state index in [1.807, 2.05) is 0 Å². The number of aromatic hydroxyl groups is 5. The van der Waals surface area contributed by atoms with Crippen LogP contribution in [-0.2, 0) is 0 Å². The number of hydrogen-bond donors (Lipinski definition) is 5. The van der Waals surface area contributed by atoms with E-state index in [0.29, 0.717) is 22.8 Å². The lowest BCUT2D eigenvalue weighted by molar-refractivity contribution is 0.112. The van der Waals surface area contributed by atoms with E-state index in [-0.39, 0.29) is 33.9 Å². The number of phenols is 5. The number of carbonyl (C=O) groups is 1. The van der Waals surface area contributed by atoms with Gasteiger partial charge in [0.05, 0.1) is 5.56 Å². The van der Waals surface area contributed by atoms with E-state index < -0.39 is 5.75 Å². The van der Waals surface area contributed by atoms with E-state index in [1.165, 1.54) is 30.3 Å². The summed E-state index contributed by atoms with van der Waals surface area (Å²) in [4.78, 5) is 11.2. The molecule has 6 heteroatoms. The molecule has 0 bridgehead atoms. The second-order valence-electron chi connectivity index (χ2n) is 5.07. The van der Waals surface area contributed by atoms with E-state index in [2.05, 4.69) is 0 Å². The molecule has 0 radical (unpaired) electrons. The van der Waals surface area contributed by atoms with Crippen LogP contribution in [0.25, 0.3) is 21.9 Å². The zero-order valence-electron chi connectivity index (χ0n) is 11.7. The van der Waals surface area contributed by atoms with Gasteiger partial charge < -0.3 is 25.5 Å². The maximum absolute atomic E-state index is 11.2. The summed E-state index contributed by atoms with van der Waals surface area (Å²) in [7, 11) is 0. The Morgan fingerprint density at radius 2 is 1.30 bits per heavy atom. The summed E-state index contributed by atoms with van der Waals surface area (Å²) in [5, 5.41) is 49.1. The minimum Gasteiger partial charge on any atom is -0.507 e. The highest BCUT2D eigenvalue weighted by atomic mass is 16.3. The van der Waals surface area contributed by atoms with Gasteiger partial charge in [-0.25, -0.2) is 0 Å². The first-order valence-corrected chi connectivity index (χ1v) is 6.61. The minimum atomic E-state index is -0.435. The van der Waals surface area contributed by atoms with E-state index in [4.69, 9.17) is 0 Å². The molecular weight excluding hydrogens is 300 g/mol. The number of benzene rings is 3. The maximum atomic E-state index is 11.2. The first kappa shape index (κ1) is 14.5. The van der Waals surface area contributed by atoms with E-state index in [0.717, 1.165) is 6.07 Å². The monoisotopic (exact) mass is 312 g/mol. The number of fused-ring (bicyclic) bond motifs is 1. The summed E-state index contributed by atoms with van der Waals surface area (Å²) in [5.41, 5.74) is 0.883. The van der Waals surface area contributed by atoms with Crippen LogP contribution in [0.5, 0.6) is 28.7 Å². The molecule has 0 amide bonds. The molecular formula is C17H12O6. The van der Waals surface area contributed by atoms with Gasteiger partial charge in [0.15, 0.2) is 29.3 Å². The van der Waals surface area contributed by atoms with Crippen LogP contribution in [0.3, 0.4) is 0 Å². The second kappa shape index (κ2) is 5.10. The Morgan fingerprint density at radius 1 is 0.696 bits per heavy atom. The molecule has 3 aromatic rings. The summed E-state index contributed by atoms with van der Waals surface area (Å²) in [5.74, 6) is -1.79. The molecule has 6 nitrogen and oxygen atoms in total. The van der Waals surface area contributed by atoms with Crippen molar-refractivity contribution in [3.63, 3.8) is 0 Å². The van der Waals surface area contributed by atoms with Crippen molar-refractivity contribution in [1.82, 2.24) is 0 Å². The van der Waals surface area contributed by atoms with Crippen molar-refractivity contribution in [2.24, 2.45) is 0 Å². The van der Waals surface area contributed by atoms with Gasteiger partial charge >= 0.3 is 0 Å². The van der Waals surface area contributed by atoms with Gasteiger partial charge in [-0.1, -0.05) is 6.07 Å². The highest BCUT2D eigenvalue weighted by Gasteiger charge is 2.16. The van der Waals surface area contributed by atoms with Crippen molar-refractivity contribution in [2.45, 2.75) is 0 Å². The van der Waals surface area contributed by atoms with Crippen molar-refractivity contribution >= 4 is 17.1 Å². The Morgan fingerprint density at radius 3 is 1.91 bits per heavy atom. The summed E-state index contributed by atoms with van der Waals surface area (Å²) in [6, 6.07) is 7.88. The molecule has 23 heavy (non-hydrogen) atoms. The molecule has 0 saturated carbocycles. The lowest BCUT2D eigenvalue weighted by atomic mass is 9.94. The zero-order chi connectivity index (χ0) is 16.7. The van der Waals surface area contributed by atoms with Crippen LogP contribution in [0.2, 0.25) is 0 Å². The lowest BCUT2D eigenvalue weighted by Gasteiger charge is -2.12. The molecule has 0 unspecified atom stereocenters. The van der Waals surface area contributed by atoms with E-state index in [1.54, 1.807) is 0 Å². The molecule has 0 aliphatic carbocycles. The number of carbonyl (C=O) groups excluding carboxylic acids is 1. The third kappa shape index (κ3) is 2.26. The third-order valence-corrected chi connectivity index (χ3v) is 3.65. The maximum Gasteiger partial charge on any atom is 0.158 e. The van der Waals surface area contributed by atoms with Gasteiger partial charge in [0.2, 0.25) is 0 Å². The molecule has 0 aromatic heterocycles. The second-order valence-corrected chi connectivity index (χ2v) is 5.07. The average molecular weight is 312 g/mol. The van der Waals surface area contributed by atoms with Crippen LogP contribution < -0.4 is 0 Å². The molecule has 0 atom stereocenters. The van der Waals surface area contributed by atoms with Crippen LogP contribution in [0, 0.1) is 0 Å². The van der Waals surface area contributed by atoms with E-state index in [9.17, 15) is 30.3 Å². The van der Waals surface area contributed by atoms with Gasteiger partial charge in [0.1, 0.15) is 5.75 Å². The van der Waals surface area contributed by atoms with Gasteiger partial charge in [0.25, 0.3) is 0 Å². The first-order chi connectivity index (χ1) is 10.9. The largest absolute Gasteiger partial charge is 0.507 e. The molecule has 0 aliphatic heterocycles. The normalized spacial score (nSPS) is 10.8. The predicted octanol–water partition coefficient (Wildman–Crippen LogP) is 2.85. The van der Waals surface area contributed by atoms with E-state index >= 15 is 0 Å². The fraction of sp³-hybridized carbons (Fsp3) is 0. The number of rotatable bonds is 2. The fourth-order valence-electron chi connectivity index (χ4n) is 2.47. The van der Waals surface area contributed by atoms with Crippen LogP contribution in [0.15, 0.2) is 36.4 Å². The average Bonchev–Trinajstić information content (AvgIpc) is 2.53. The standard InChI is InChI=1S/C17H12O6/c18-7-9-3-10(8-1-2-13(19)14(20)4-8)11-5-15(21)16(22)6-12(11)17(9)23/h1-7,19-23H.